The molecule has 0 spiro atoms. The van der Waals surface area contributed by atoms with Gasteiger partial charge in [-0.2, -0.15) is 0 Å². The number of methoxy groups -OCH3 is 1. The third-order valence-electron chi connectivity index (χ3n) is 3.75. The van der Waals surface area contributed by atoms with Gasteiger partial charge in [-0.25, -0.2) is 4.39 Å². The Morgan fingerprint density at radius 3 is 2.57 bits per heavy atom. The van der Waals surface area contributed by atoms with Crippen molar-refractivity contribution in [1.29, 1.82) is 0 Å². The number of rotatable bonds is 5. The van der Waals surface area contributed by atoms with Gasteiger partial charge in [0.2, 0.25) is 0 Å². The summed E-state index contributed by atoms with van der Waals surface area (Å²) in [4.78, 5) is 10.5. The van der Waals surface area contributed by atoms with Crippen molar-refractivity contribution in [2.75, 3.05) is 13.7 Å². The van der Waals surface area contributed by atoms with Crippen LogP contribution in [0.3, 0.4) is 0 Å². The Morgan fingerprint density at radius 1 is 1.17 bits per heavy atom. The number of nitro benzene ring substituents is 1. The molecule has 2 aromatic carbocycles. The van der Waals surface area contributed by atoms with Crippen molar-refractivity contribution in [1.82, 2.24) is 4.57 Å². The number of benzene rings is 2. The smallest absolute Gasteiger partial charge is 0.270 e. The van der Waals surface area contributed by atoms with E-state index in [-0.39, 0.29) is 11.5 Å². The molecule has 1 aromatic heterocycles. The van der Waals surface area contributed by atoms with Gasteiger partial charge in [-0.1, -0.05) is 0 Å². The highest BCUT2D eigenvalue weighted by Gasteiger charge is 2.14. The number of aromatic nitrogens is 1. The molecule has 0 saturated carbocycles. The van der Waals surface area contributed by atoms with Crippen LogP contribution in [0.1, 0.15) is 0 Å². The van der Waals surface area contributed by atoms with Gasteiger partial charge in [-0.15, -0.1) is 0 Å². The second kappa shape index (κ2) is 6.18. The van der Waals surface area contributed by atoms with E-state index in [1.807, 2.05) is 10.6 Å². The standard InChI is InChI=1S/C17H15FN2O3/c1-23-9-8-19-16-7-6-15(20(21)22)10-13(16)11-17(19)12-2-4-14(18)5-3-12/h2-7,10-11H,8-9H2,1H3. The zero-order valence-electron chi connectivity index (χ0n) is 12.5. The van der Waals surface area contributed by atoms with Crippen molar-refractivity contribution < 1.29 is 14.1 Å². The highest BCUT2D eigenvalue weighted by molar-refractivity contribution is 5.88. The molecule has 118 valence electrons. The van der Waals surface area contributed by atoms with Crippen LogP contribution in [0.2, 0.25) is 0 Å². The van der Waals surface area contributed by atoms with Crippen LogP contribution in [-0.4, -0.2) is 23.2 Å². The summed E-state index contributed by atoms with van der Waals surface area (Å²) < 4.78 is 20.3. The Morgan fingerprint density at radius 2 is 1.91 bits per heavy atom. The van der Waals surface area contributed by atoms with Crippen molar-refractivity contribution in [3.05, 3.63) is 64.5 Å². The van der Waals surface area contributed by atoms with Gasteiger partial charge in [0.25, 0.3) is 5.69 Å². The molecule has 0 N–H and O–H groups in total. The molecule has 0 radical (unpaired) electrons. The summed E-state index contributed by atoms with van der Waals surface area (Å²) in [6.07, 6.45) is 0. The normalized spacial score (nSPS) is 11.0. The van der Waals surface area contributed by atoms with Crippen LogP contribution in [0.4, 0.5) is 10.1 Å². The molecule has 0 fully saturated rings. The van der Waals surface area contributed by atoms with Crippen molar-refractivity contribution in [2.45, 2.75) is 6.54 Å². The van der Waals surface area contributed by atoms with Gasteiger partial charge in [0, 0.05) is 42.4 Å². The van der Waals surface area contributed by atoms with Gasteiger partial charge in [-0.05, 0) is 42.0 Å². The van der Waals surface area contributed by atoms with Crippen LogP contribution in [0.25, 0.3) is 22.2 Å². The summed E-state index contributed by atoms with van der Waals surface area (Å²) in [5, 5.41) is 11.7. The minimum absolute atomic E-state index is 0.0482. The summed E-state index contributed by atoms with van der Waals surface area (Å²) in [7, 11) is 1.62. The predicted molar refractivity (Wildman–Crippen MR) is 85.9 cm³/mol. The Hall–Kier alpha value is -2.73. The van der Waals surface area contributed by atoms with E-state index in [1.54, 1.807) is 31.4 Å². The molecule has 0 aliphatic carbocycles. The van der Waals surface area contributed by atoms with Crippen LogP contribution < -0.4 is 0 Å². The minimum Gasteiger partial charge on any atom is -0.383 e. The van der Waals surface area contributed by atoms with E-state index in [0.29, 0.717) is 13.2 Å². The average Bonchev–Trinajstić information content (AvgIpc) is 2.91. The monoisotopic (exact) mass is 314 g/mol. The van der Waals surface area contributed by atoms with Crippen molar-refractivity contribution >= 4 is 16.6 Å². The second-order valence-electron chi connectivity index (χ2n) is 5.18. The molecule has 5 nitrogen and oxygen atoms in total. The first kappa shape index (κ1) is 15.2. The molecule has 0 unspecified atom stereocenters. The van der Waals surface area contributed by atoms with E-state index in [0.717, 1.165) is 22.2 Å². The van der Waals surface area contributed by atoms with Gasteiger partial charge in [0.1, 0.15) is 5.82 Å². The molecular formula is C17H15FN2O3. The van der Waals surface area contributed by atoms with E-state index in [4.69, 9.17) is 4.74 Å². The Labute approximate surface area is 132 Å². The lowest BCUT2D eigenvalue weighted by Gasteiger charge is -2.10. The fourth-order valence-corrected chi connectivity index (χ4v) is 2.66. The highest BCUT2D eigenvalue weighted by atomic mass is 19.1. The van der Waals surface area contributed by atoms with E-state index in [1.165, 1.54) is 18.2 Å². The molecule has 0 bridgehead atoms. The zero-order chi connectivity index (χ0) is 16.4. The molecule has 0 aliphatic heterocycles. The molecule has 0 aliphatic rings. The summed E-state index contributed by atoms with van der Waals surface area (Å²) in [5.74, 6) is -0.302. The van der Waals surface area contributed by atoms with Gasteiger partial charge in [0.15, 0.2) is 0 Å². The number of halogens is 1. The summed E-state index contributed by atoms with van der Waals surface area (Å²) in [6.45, 7) is 1.11. The van der Waals surface area contributed by atoms with Gasteiger partial charge in [0.05, 0.1) is 11.5 Å². The molecule has 23 heavy (non-hydrogen) atoms. The third kappa shape index (κ3) is 2.93. The van der Waals surface area contributed by atoms with E-state index >= 15 is 0 Å². The maximum Gasteiger partial charge on any atom is 0.270 e. The summed E-state index contributed by atoms with van der Waals surface area (Å²) in [5.41, 5.74) is 2.65. The SMILES string of the molecule is COCCn1c(-c2ccc(F)cc2)cc2cc([N+](=O)[O-])ccc21. The number of hydrogen-bond donors (Lipinski definition) is 0. The quantitative estimate of drug-likeness (QED) is 0.528. The third-order valence-corrected chi connectivity index (χ3v) is 3.75. The van der Waals surface area contributed by atoms with Crippen LogP contribution >= 0.6 is 0 Å². The second-order valence-corrected chi connectivity index (χ2v) is 5.18. The molecule has 3 aromatic rings. The van der Waals surface area contributed by atoms with Gasteiger partial charge >= 0.3 is 0 Å². The topological polar surface area (TPSA) is 57.3 Å². The first-order valence-electron chi connectivity index (χ1n) is 7.12. The maximum atomic E-state index is 13.2. The fraction of sp³-hybridized carbons (Fsp3) is 0.176. The van der Waals surface area contributed by atoms with Gasteiger partial charge in [-0.3, -0.25) is 10.1 Å². The number of nitro groups is 1. The van der Waals surface area contributed by atoms with E-state index in [2.05, 4.69) is 0 Å². The first-order chi connectivity index (χ1) is 11.1. The van der Waals surface area contributed by atoms with Crippen LogP contribution in [-0.2, 0) is 11.3 Å². The molecule has 0 atom stereocenters. The minimum atomic E-state index is -0.413. The maximum absolute atomic E-state index is 13.2. The Bertz CT molecular complexity index is 856. The number of hydrogen-bond acceptors (Lipinski definition) is 3. The predicted octanol–water partition coefficient (Wildman–Crippen LogP) is 4.00. The Kier molecular flexibility index (Phi) is 4.08. The van der Waals surface area contributed by atoms with Crippen LogP contribution in [0.15, 0.2) is 48.5 Å². The fourth-order valence-electron chi connectivity index (χ4n) is 2.66. The highest BCUT2D eigenvalue weighted by Crippen LogP contribution is 2.30. The molecule has 0 amide bonds. The largest absolute Gasteiger partial charge is 0.383 e. The first-order valence-corrected chi connectivity index (χ1v) is 7.12. The molecule has 3 rings (SSSR count). The van der Waals surface area contributed by atoms with Crippen molar-refractivity contribution in [3.8, 4) is 11.3 Å². The molecule has 6 heteroatoms. The number of fused-ring (bicyclic) bond motifs is 1. The summed E-state index contributed by atoms with van der Waals surface area (Å²) >= 11 is 0. The van der Waals surface area contributed by atoms with Crippen molar-refractivity contribution in [2.24, 2.45) is 0 Å². The molecular weight excluding hydrogens is 299 g/mol. The zero-order valence-corrected chi connectivity index (χ0v) is 12.5. The average molecular weight is 314 g/mol. The van der Waals surface area contributed by atoms with Crippen LogP contribution in [0.5, 0.6) is 0 Å². The summed E-state index contributed by atoms with van der Waals surface area (Å²) in [6, 6.07) is 12.8. The lowest BCUT2D eigenvalue weighted by Crippen LogP contribution is -2.05. The number of ether oxygens (including phenoxy) is 1. The Balaban J connectivity index is 2.17. The van der Waals surface area contributed by atoms with E-state index < -0.39 is 4.92 Å². The van der Waals surface area contributed by atoms with E-state index in [9.17, 15) is 14.5 Å². The molecule has 1 heterocycles. The molecule has 0 saturated heterocycles. The van der Waals surface area contributed by atoms with Gasteiger partial charge < -0.3 is 9.30 Å². The number of nitrogens with zero attached hydrogens (tertiary/aromatic N) is 2. The lowest BCUT2D eigenvalue weighted by molar-refractivity contribution is -0.384. The van der Waals surface area contributed by atoms with Crippen LogP contribution in [0, 0.1) is 15.9 Å². The lowest BCUT2D eigenvalue weighted by atomic mass is 10.1. The number of non-ortho nitro benzene ring substituents is 1. The van der Waals surface area contributed by atoms with Crippen molar-refractivity contribution in [3.63, 3.8) is 0 Å².